The van der Waals surface area contributed by atoms with Gasteiger partial charge in [-0.1, -0.05) is 22.0 Å². The molecule has 0 radical (unpaired) electrons. The third kappa shape index (κ3) is 2.63. The second-order valence-corrected chi connectivity index (χ2v) is 5.78. The van der Waals surface area contributed by atoms with E-state index in [2.05, 4.69) is 20.9 Å². The predicted octanol–water partition coefficient (Wildman–Crippen LogP) is 5.47. The average molecular weight is 373 g/mol. The fraction of sp³-hybridized carbons (Fsp3) is 0.0714. The van der Waals surface area contributed by atoms with E-state index in [1.54, 1.807) is 10.6 Å². The van der Waals surface area contributed by atoms with E-state index in [1.165, 1.54) is 6.07 Å². The normalized spacial score (nSPS) is 12.0. The van der Waals surface area contributed by atoms with Crippen molar-refractivity contribution < 1.29 is 13.2 Å². The number of H-pyrrole nitrogens is 1. The van der Waals surface area contributed by atoms with Gasteiger partial charge in [0.15, 0.2) is 4.77 Å². The second kappa shape index (κ2) is 4.99. The Morgan fingerprint density at radius 1 is 1.10 bits per heavy atom. The molecule has 0 saturated heterocycles. The molecule has 2 nitrogen and oxygen atoms in total. The highest BCUT2D eigenvalue weighted by atomic mass is 79.9. The minimum absolute atomic E-state index is 0.349. The lowest BCUT2D eigenvalue weighted by atomic mass is 10.2. The molecule has 0 spiro atoms. The maximum absolute atomic E-state index is 12.8. The zero-order chi connectivity index (χ0) is 15.2. The molecule has 0 amide bonds. The third-order valence-electron chi connectivity index (χ3n) is 3.08. The number of hydrogen-bond acceptors (Lipinski definition) is 1. The van der Waals surface area contributed by atoms with E-state index in [0.717, 1.165) is 22.1 Å². The first-order valence-electron chi connectivity index (χ1n) is 5.94. The van der Waals surface area contributed by atoms with Crippen LogP contribution in [0.15, 0.2) is 46.9 Å². The number of imidazole rings is 1. The number of hydrogen-bond donors (Lipinski definition) is 1. The summed E-state index contributed by atoms with van der Waals surface area (Å²) in [6, 6.07) is 10.6. The Kier molecular flexibility index (Phi) is 3.41. The molecule has 1 aromatic heterocycles. The highest BCUT2D eigenvalue weighted by Gasteiger charge is 2.30. The zero-order valence-corrected chi connectivity index (χ0v) is 12.8. The molecule has 0 bridgehead atoms. The lowest BCUT2D eigenvalue weighted by Gasteiger charge is -2.10. The molecule has 3 rings (SSSR count). The molecule has 3 aromatic rings. The Morgan fingerprint density at radius 3 is 2.57 bits per heavy atom. The van der Waals surface area contributed by atoms with Gasteiger partial charge in [-0.05, 0) is 48.6 Å². The van der Waals surface area contributed by atoms with Crippen molar-refractivity contribution in [1.29, 1.82) is 0 Å². The Labute approximate surface area is 131 Å². The lowest BCUT2D eigenvalue weighted by Crippen LogP contribution is -2.06. The number of fused-ring (bicyclic) bond motifs is 1. The number of nitrogens with zero attached hydrogens (tertiary/aromatic N) is 1. The summed E-state index contributed by atoms with van der Waals surface area (Å²) in [6.45, 7) is 0. The average Bonchev–Trinajstić information content (AvgIpc) is 2.73. The number of alkyl halides is 3. The number of halogens is 4. The summed E-state index contributed by atoms with van der Waals surface area (Å²) in [4.78, 5) is 2.99. The second-order valence-electron chi connectivity index (χ2n) is 4.48. The molecule has 0 saturated carbocycles. The van der Waals surface area contributed by atoms with Gasteiger partial charge in [-0.2, -0.15) is 13.2 Å². The summed E-state index contributed by atoms with van der Waals surface area (Å²) in [5.74, 6) is 0. The fourth-order valence-electron chi connectivity index (χ4n) is 2.15. The molecule has 7 heteroatoms. The van der Waals surface area contributed by atoms with Gasteiger partial charge >= 0.3 is 6.18 Å². The van der Waals surface area contributed by atoms with Crippen LogP contribution in [0.2, 0.25) is 0 Å². The summed E-state index contributed by atoms with van der Waals surface area (Å²) in [5.41, 5.74) is 1.15. The summed E-state index contributed by atoms with van der Waals surface area (Å²) in [5, 5.41) is 0. The van der Waals surface area contributed by atoms with Gasteiger partial charge in [0.2, 0.25) is 0 Å². The molecule has 0 unspecified atom stereocenters. The molecule has 1 N–H and O–H groups in total. The number of nitrogens with one attached hydrogen (secondary N) is 1. The Morgan fingerprint density at radius 2 is 1.86 bits per heavy atom. The van der Waals surface area contributed by atoms with E-state index in [-0.39, 0.29) is 0 Å². The van der Waals surface area contributed by atoms with E-state index in [0.29, 0.717) is 16.0 Å². The standard InChI is InChI=1S/C14H8BrF3N2S/c15-9-4-5-11-12(7-9)20(13(21)19-11)10-3-1-2-8(6-10)14(16,17)18/h1-7H,(H,19,21). The molecular formula is C14H8BrF3N2S. The van der Waals surface area contributed by atoms with Crippen molar-refractivity contribution in [2.24, 2.45) is 0 Å². The first-order chi connectivity index (χ1) is 9.86. The molecule has 0 aliphatic rings. The fourth-order valence-corrected chi connectivity index (χ4v) is 2.82. The molecule has 0 aliphatic heterocycles. The van der Waals surface area contributed by atoms with Gasteiger partial charge in [-0.15, -0.1) is 0 Å². The molecule has 21 heavy (non-hydrogen) atoms. The predicted molar refractivity (Wildman–Crippen MR) is 81.2 cm³/mol. The van der Waals surface area contributed by atoms with Crippen LogP contribution in [-0.2, 0) is 6.18 Å². The van der Waals surface area contributed by atoms with Crippen LogP contribution in [0, 0.1) is 4.77 Å². The van der Waals surface area contributed by atoms with Crippen LogP contribution in [0.1, 0.15) is 5.56 Å². The largest absolute Gasteiger partial charge is 0.416 e. The monoisotopic (exact) mass is 372 g/mol. The molecule has 108 valence electrons. The lowest BCUT2D eigenvalue weighted by molar-refractivity contribution is -0.137. The van der Waals surface area contributed by atoms with Gasteiger partial charge in [0.05, 0.1) is 16.6 Å². The van der Waals surface area contributed by atoms with E-state index in [1.807, 2.05) is 18.2 Å². The van der Waals surface area contributed by atoms with Crippen LogP contribution in [0.4, 0.5) is 13.2 Å². The van der Waals surface area contributed by atoms with Crippen molar-refractivity contribution in [2.75, 3.05) is 0 Å². The minimum atomic E-state index is -4.38. The summed E-state index contributed by atoms with van der Waals surface area (Å²) < 4.78 is 41.3. The van der Waals surface area contributed by atoms with Gasteiger partial charge < -0.3 is 4.98 Å². The Hall–Kier alpha value is -1.60. The van der Waals surface area contributed by atoms with Crippen molar-refractivity contribution in [3.63, 3.8) is 0 Å². The molecule has 1 heterocycles. The van der Waals surface area contributed by atoms with Crippen LogP contribution in [0.25, 0.3) is 16.7 Å². The molecule has 0 fully saturated rings. The van der Waals surface area contributed by atoms with Gasteiger partial charge in [0.1, 0.15) is 0 Å². The SMILES string of the molecule is FC(F)(F)c1cccc(-n2c(=S)[nH]c3ccc(Br)cc32)c1. The van der Waals surface area contributed by atoms with Crippen LogP contribution < -0.4 is 0 Å². The maximum Gasteiger partial charge on any atom is 0.416 e. The van der Waals surface area contributed by atoms with Crippen molar-refractivity contribution in [3.05, 3.63) is 57.3 Å². The number of rotatable bonds is 1. The maximum atomic E-state index is 12.8. The van der Waals surface area contributed by atoms with Gasteiger partial charge in [-0.25, -0.2) is 0 Å². The van der Waals surface area contributed by atoms with E-state index >= 15 is 0 Å². The molecule has 2 aromatic carbocycles. The first-order valence-corrected chi connectivity index (χ1v) is 7.14. The van der Waals surface area contributed by atoms with Crippen LogP contribution >= 0.6 is 28.1 Å². The molecular weight excluding hydrogens is 365 g/mol. The number of aromatic nitrogens is 2. The van der Waals surface area contributed by atoms with Crippen molar-refractivity contribution >= 4 is 39.2 Å². The highest BCUT2D eigenvalue weighted by molar-refractivity contribution is 9.10. The van der Waals surface area contributed by atoms with Gasteiger partial charge in [-0.3, -0.25) is 4.57 Å². The topological polar surface area (TPSA) is 20.7 Å². The first kappa shape index (κ1) is 14.3. The molecule has 0 aliphatic carbocycles. The van der Waals surface area contributed by atoms with E-state index in [9.17, 15) is 13.2 Å². The van der Waals surface area contributed by atoms with E-state index < -0.39 is 11.7 Å². The Bertz CT molecular complexity index is 880. The minimum Gasteiger partial charge on any atom is -0.330 e. The van der Waals surface area contributed by atoms with Gasteiger partial charge in [0.25, 0.3) is 0 Å². The Balaban J connectivity index is 2.28. The smallest absolute Gasteiger partial charge is 0.330 e. The highest BCUT2D eigenvalue weighted by Crippen LogP contribution is 2.31. The quantitative estimate of drug-likeness (QED) is 0.561. The summed E-state index contributed by atoms with van der Waals surface area (Å²) in [7, 11) is 0. The van der Waals surface area contributed by atoms with Crippen molar-refractivity contribution in [2.45, 2.75) is 6.18 Å². The van der Waals surface area contributed by atoms with E-state index in [4.69, 9.17) is 12.2 Å². The zero-order valence-electron chi connectivity index (χ0n) is 10.4. The number of benzene rings is 2. The molecule has 0 atom stereocenters. The summed E-state index contributed by atoms with van der Waals surface area (Å²) in [6.07, 6.45) is -4.38. The van der Waals surface area contributed by atoms with Crippen molar-refractivity contribution in [1.82, 2.24) is 9.55 Å². The third-order valence-corrected chi connectivity index (χ3v) is 3.85. The number of aromatic amines is 1. The van der Waals surface area contributed by atoms with Crippen molar-refractivity contribution in [3.8, 4) is 5.69 Å². The summed E-state index contributed by atoms with van der Waals surface area (Å²) >= 11 is 8.58. The van der Waals surface area contributed by atoms with Crippen LogP contribution in [-0.4, -0.2) is 9.55 Å². The van der Waals surface area contributed by atoms with Crippen LogP contribution in [0.3, 0.4) is 0 Å². The van der Waals surface area contributed by atoms with Gasteiger partial charge in [0, 0.05) is 10.2 Å². The van der Waals surface area contributed by atoms with Crippen LogP contribution in [0.5, 0.6) is 0 Å².